The van der Waals surface area contributed by atoms with E-state index in [0.29, 0.717) is 0 Å². The van der Waals surface area contributed by atoms with Crippen molar-refractivity contribution in [2.45, 2.75) is 0 Å². The molecule has 0 bridgehead atoms. The highest BCUT2D eigenvalue weighted by atomic mass is 16.3. The number of furan rings is 1. The summed E-state index contributed by atoms with van der Waals surface area (Å²) < 4.78 is 8.90. The van der Waals surface area contributed by atoms with E-state index in [4.69, 9.17) is 4.42 Å². The average molecular weight is 729 g/mol. The third-order valence-corrected chi connectivity index (χ3v) is 11.2. The number of nitrogens with zero attached hydrogens (tertiary/aromatic N) is 2. The van der Waals surface area contributed by atoms with Gasteiger partial charge in [0.05, 0.1) is 22.4 Å². The van der Waals surface area contributed by atoms with Gasteiger partial charge in [0.25, 0.3) is 0 Å². The molecule has 9 aromatic carbocycles. The van der Waals surface area contributed by atoms with Gasteiger partial charge >= 0.3 is 0 Å². The molecule has 0 atom stereocenters. The van der Waals surface area contributed by atoms with Crippen LogP contribution in [-0.4, -0.2) is 4.57 Å². The maximum absolute atomic E-state index is 6.48. The lowest BCUT2D eigenvalue weighted by Crippen LogP contribution is -2.11. The number of rotatable bonds is 7. The minimum Gasteiger partial charge on any atom is -0.456 e. The summed E-state index contributed by atoms with van der Waals surface area (Å²) in [5.41, 5.74) is 15.3. The van der Waals surface area contributed by atoms with E-state index >= 15 is 0 Å². The molecule has 0 spiro atoms. The van der Waals surface area contributed by atoms with Gasteiger partial charge in [-0.05, 0) is 82.9 Å². The van der Waals surface area contributed by atoms with Crippen LogP contribution in [0.4, 0.5) is 17.1 Å². The second-order valence-corrected chi connectivity index (χ2v) is 14.5. The number of para-hydroxylation sites is 4. The molecule has 268 valence electrons. The van der Waals surface area contributed by atoms with Crippen molar-refractivity contribution in [1.82, 2.24) is 4.57 Å². The number of benzene rings is 9. The van der Waals surface area contributed by atoms with Gasteiger partial charge < -0.3 is 13.9 Å². The van der Waals surface area contributed by atoms with Crippen LogP contribution >= 0.6 is 0 Å². The number of hydrogen-bond donors (Lipinski definition) is 0. The lowest BCUT2D eigenvalue weighted by atomic mass is 9.95. The first kappa shape index (κ1) is 32.8. The topological polar surface area (TPSA) is 21.3 Å². The summed E-state index contributed by atoms with van der Waals surface area (Å²) in [5.74, 6) is 0. The average Bonchev–Trinajstić information content (AvgIpc) is 3.83. The Morgan fingerprint density at radius 1 is 0.333 bits per heavy atom. The van der Waals surface area contributed by atoms with E-state index in [2.05, 4.69) is 216 Å². The largest absolute Gasteiger partial charge is 0.456 e. The number of hydrogen-bond acceptors (Lipinski definition) is 2. The van der Waals surface area contributed by atoms with Gasteiger partial charge in [-0.1, -0.05) is 152 Å². The van der Waals surface area contributed by atoms with Gasteiger partial charge in [-0.2, -0.15) is 0 Å². The van der Waals surface area contributed by atoms with Crippen LogP contribution in [0.25, 0.3) is 82.8 Å². The Labute approximate surface area is 330 Å². The Balaban J connectivity index is 1.15. The highest BCUT2D eigenvalue weighted by molar-refractivity contribution is 6.10. The van der Waals surface area contributed by atoms with Crippen LogP contribution in [0.5, 0.6) is 0 Å². The molecule has 0 fully saturated rings. The monoisotopic (exact) mass is 728 g/mol. The van der Waals surface area contributed by atoms with Gasteiger partial charge in [0.2, 0.25) is 0 Å². The molecule has 0 aliphatic heterocycles. The standard InChI is InChI=1S/C54H36N2O/c1-3-16-37(17-4-1)39-20-15-21-41(34-39)55(42-31-32-47-46-25-10-14-29-53(46)57-54(47)36-42)52-33-30-40(35-48(52)38-18-5-2-6-19-38)43-22-7-11-26-49(43)56-50-27-12-8-23-44(50)45-24-9-13-28-51(45)56/h1-36H. The molecule has 0 saturated carbocycles. The maximum Gasteiger partial charge on any atom is 0.137 e. The lowest BCUT2D eigenvalue weighted by Gasteiger charge is -2.29. The summed E-state index contributed by atoms with van der Waals surface area (Å²) in [6, 6.07) is 78.2. The number of anilines is 3. The third-order valence-electron chi connectivity index (χ3n) is 11.2. The normalized spacial score (nSPS) is 11.5. The van der Waals surface area contributed by atoms with E-state index in [9.17, 15) is 0 Å². The molecule has 0 radical (unpaired) electrons. The van der Waals surface area contributed by atoms with Crippen molar-refractivity contribution < 1.29 is 4.42 Å². The molecule has 11 rings (SSSR count). The van der Waals surface area contributed by atoms with Gasteiger partial charge in [-0.15, -0.1) is 0 Å². The van der Waals surface area contributed by atoms with Crippen molar-refractivity contribution in [3.63, 3.8) is 0 Å². The molecule has 3 heteroatoms. The lowest BCUT2D eigenvalue weighted by molar-refractivity contribution is 0.669. The van der Waals surface area contributed by atoms with Crippen molar-refractivity contribution in [2.24, 2.45) is 0 Å². The Kier molecular flexibility index (Phi) is 7.82. The van der Waals surface area contributed by atoms with Crippen molar-refractivity contribution in [2.75, 3.05) is 4.90 Å². The van der Waals surface area contributed by atoms with E-state index in [1.807, 2.05) is 12.1 Å². The zero-order valence-corrected chi connectivity index (χ0v) is 31.1. The fraction of sp³-hybridized carbons (Fsp3) is 0. The van der Waals surface area contributed by atoms with Crippen molar-refractivity contribution >= 4 is 60.8 Å². The van der Waals surface area contributed by atoms with E-state index in [1.54, 1.807) is 0 Å². The summed E-state index contributed by atoms with van der Waals surface area (Å²) in [5, 5.41) is 4.72. The first-order valence-electron chi connectivity index (χ1n) is 19.4. The second kappa shape index (κ2) is 13.6. The summed E-state index contributed by atoms with van der Waals surface area (Å²) in [4.78, 5) is 2.38. The van der Waals surface area contributed by atoms with Crippen LogP contribution in [0.3, 0.4) is 0 Å². The molecular weight excluding hydrogens is 693 g/mol. The highest BCUT2D eigenvalue weighted by Crippen LogP contribution is 2.46. The zero-order valence-electron chi connectivity index (χ0n) is 31.1. The Bertz CT molecular complexity index is 3190. The molecule has 0 aliphatic carbocycles. The molecule has 2 heterocycles. The fourth-order valence-corrected chi connectivity index (χ4v) is 8.58. The van der Waals surface area contributed by atoms with Crippen LogP contribution in [0.15, 0.2) is 223 Å². The van der Waals surface area contributed by atoms with Crippen LogP contribution in [0.1, 0.15) is 0 Å². The Morgan fingerprint density at radius 2 is 0.930 bits per heavy atom. The predicted octanol–water partition coefficient (Wildman–Crippen LogP) is 15.2. The molecule has 0 aliphatic rings. The molecule has 3 nitrogen and oxygen atoms in total. The second-order valence-electron chi connectivity index (χ2n) is 14.5. The summed E-state index contributed by atoms with van der Waals surface area (Å²) in [6.07, 6.45) is 0. The van der Waals surface area contributed by atoms with E-state index in [1.165, 1.54) is 27.4 Å². The predicted molar refractivity (Wildman–Crippen MR) is 239 cm³/mol. The van der Waals surface area contributed by atoms with Gasteiger partial charge in [0, 0.05) is 50.1 Å². The minimum absolute atomic E-state index is 0.857. The Morgan fingerprint density at radius 3 is 1.70 bits per heavy atom. The van der Waals surface area contributed by atoms with Gasteiger partial charge in [-0.25, -0.2) is 0 Å². The first-order valence-corrected chi connectivity index (χ1v) is 19.4. The molecule has 57 heavy (non-hydrogen) atoms. The van der Waals surface area contributed by atoms with Gasteiger partial charge in [0.1, 0.15) is 11.2 Å². The Hall–Kier alpha value is -7.62. The SMILES string of the molecule is c1ccc(-c2cccc(N(c3ccc4c(c3)oc3ccccc34)c3ccc(-c4ccccc4-n4c5ccccc5c5ccccc54)cc3-c3ccccc3)c2)cc1. The van der Waals surface area contributed by atoms with Crippen LogP contribution in [0, 0.1) is 0 Å². The van der Waals surface area contributed by atoms with E-state index < -0.39 is 0 Å². The molecule has 0 N–H and O–H groups in total. The van der Waals surface area contributed by atoms with E-state index in [-0.39, 0.29) is 0 Å². The number of aromatic nitrogens is 1. The summed E-state index contributed by atoms with van der Waals surface area (Å²) in [6.45, 7) is 0. The van der Waals surface area contributed by atoms with Gasteiger partial charge in [0.15, 0.2) is 0 Å². The third kappa shape index (κ3) is 5.60. The molecule has 2 aromatic heterocycles. The first-order chi connectivity index (χ1) is 28.3. The van der Waals surface area contributed by atoms with Crippen molar-refractivity contribution in [3.8, 4) is 39.1 Å². The van der Waals surface area contributed by atoms with Crippen molar-refractivity contribution in [3.05, 3.63) is 218 Å². The summed E-state index contributed by atoms with van der Waals surface area (Å²) >= 11 is 0. The molecule has 0 unspecified atom stereocenters. The molecule has 11 aromatic rings. The van der Waals surface area contributed by atoms with Crippen LogP contribution < -0.4 is 4.90 Å². The van der Waals surface area contributed by atoms with Gasteiger partial charge in [-0.3, -0.25) is 0 Å². The molecule has 0 saturated heterocycles. The number of fused-ring (bicyclic) bond motifs is 6. The summed E-state index contributed by atoms with van der Waals surface area (Å²) in [7, 11) is 0. The van der Waals surface area contributed by atoms with Crippen LogP contribution in [-0.2, 0) is 0 Å². The van der Waals surface area contributed by atoms with E-state index in [0.717, 1.165) is 72.5 Å². The van der Waals surface area contributed by atoms with Crippen LogP contribution in [0.2, 0.25) is 0 Å². The smallest absolute Gasteiger partial charge is 0.137 e. The quantitative estimate of drug-likeness (QED) is 0.163. The van der Waals surface area contributed by atoms with Crippen molar-refractivity contribution in [1.29, 1.82) is 0 Å². The molecular formula is C54H36N2O. The minimum atomic E-state index is 0.857. The fourth-order valence-electron chi connectivity index (χ4n) is 8.58. The zero-order chi connectivity index (χ0) is 37.7. The maximum atomic E-state index is 6.48. The highest BCUT2D eigenvalue weighted by Gasteiger charge is 2.22. The molecule has 0 amide bonds.